The van der Waals surface area contributed by atoms with Gasteiger partial charge in [0.15, 0.2) is 5.78 Å². The minimum absolute atomic E-state index is 0.0534. The summed E-state index contributed by atoms with van der Waals surface area (Å²) in [5.41, 5.74) is 0. The van der Waals surface area contributed by atoms with Gasteiger partial charge in [0.05, 0.1) is 0 Å². The fourth-order valence-corrected chi connectivity index (χ4v) is 1.22. The van der Waals surface area contributed by atoms with Crippen molar-refractivity contribution >= 4 is 17.4 Å². The van der Waals surface area contributed by atoms with Crippen LogP contribution in [0, 0.1) is 11.8 Å². The maximum Gasteiger partial charge on any atom is 0.171 e. The van der Waals surface area contributed by atoms with Gasteiger partial charge in [-0.1, -0.05) is 11.6 Å². The molecule has 0 heterocycles. The summed E-state index contributed by atoms with van der Waals surface area (Å²) in [4.78, 5) is 11.3. The lowest BCUT2D eigenvalue weighted by Gasteiger charge is -2.04. The molecule has 0 N–H and O–H groups in total. The highest BCUT2D eigenvalue weighted by molar-refractivity contribution is 6.30. The van der Waals surface area contributed by atoms with E-state index in [-0.39, 0.29) is 12.4 Å². The number of Topliss-reactive ketones (excluding diaryl/α,β-unsaturated/α-hetero) is 1. The summed E-state index contributed by atoms with van der Waals surface area (Å²) >= 11 is 5.72. The molecule has 0 spiro atoms. The van der Waals surface area contributed by atoms with Crippen molar-refractivity contribution in [2.75, 3.05) is 6.61 Å². The lowest BCUT2D eigenvalue weighted by atomic mass is 10.2. The molecule has 1 rings (SSSR count). The van der Waals surface area contributed by atoms with Gasteiger partial charge in [-0.05, 0) is 31.2 Å². The van der Waals surface area contributed by atoms with E-state index >= 15 is 0 Å². The number of carbonyl (C=O) groups excluding carboxylic acids is 1. The fraction of sp³-hybridized carbons (Fsp3) is 0.308. The lowest BCUT2D eigenvalue weighted by molar-refractivity contribution is -0.120. The molecule has 16 heavy (non-hydrogen) atoms. The topological polar surface area (TPSA) is 26.3 Å². The Morgan fingerprint density at radius 1 is 1.38 bits per heavy atom. The maximum atomic E-state index is 11.3. The Morgan fingerprint density at radius 3 is 2.69 bits per heavy atom. The van der Waals surface area contributed by atoms with Crippen LogP contribution in [0.5, 0.6) is 5.75 Å². The van der Waals surface area contributed by atoms with Gasteiger partial charge in [-0.3, -0.25) is 4.79 Å². The average Bonchev–Trinajstić information content (AvgIpc) is 2.29. The normalized spacial score (nSPS) is 9.12. The van der Waals surface area contributed by atoms with Crippen molar-refractivity contribution in [1.29, 1.82) is 0 Å². The van der Waals surface area contributed by atoms with Gasteiger partial charge in [-0.2, -0.15) is 0 Å². The van der Waals surface area contributed by atoms with Gasteiger partial charge in [0.1, 0.15) is 12.4 Å². The Morgan fingerprint density at radius 2 is 2.06 bits per heavy atom. The minimum atomic E-state index is 0.0534. The molecular formula is C13H13ClO2. The van der Waals surface area contributed by atoms with Crippen molar-refractivity contribution in [3.63, 3.8) is 0 Å². The first-order valence-corrected chi connectivity index (χ1v) is 5.40. The van der Waals surface area contributed by atoms with Gasteiger partial charge in [0.2, 0.25) is 0 Å². The van der Waals surface area contributed by atoms with Gasteiger partial charge in [-0.15, -0.1) is 11.8 Å². The van der Waals surface area contributed by atoms with Crippen molar-refractivity contribution < 1.29 is 9.53 Å². The highest BCUT2D eigenvalue weighted by Crippen LogP contribution is 2.15. The number of benzene rings is 1. The third-order valence-electron chi connectivity index (χ3n) is 1.92. The first-order chi connectivity index (χ1) is 7.72. The van der Waals surface area contributed by atoms with Crippen LogP contribution in [0.3, 0.4) is 0 Å². The monoisotopic (exact) mass is 236 g/mol. The number of ketones is 1. The molecule has 0 atom stereocenters. The molecule has 1 aromatic carbocycles. The molecular weight excluding hydrogens is 224 g/mol. The molecule has 3 heteroatoms. The molecule has 0 aliphatic rings. The Balaban J connectivity index is 2.30. The number of carbonyl (C=O) groups is 1. The molecule has 1 aromatic rings. The zero-order valence-corrected chi connectivity index (χ0v) is 9.88. The van der Waals surface area contributed by atoms with E-state index in [9.17, 15) is 4.79 Å². The summed E-state index contributed by atoms with van der Waals surface area (Å²) in [6.07, 6.45) is 1.04. The van der Waals surface area contributed by atoms with Crippen LogP contribution in [-0.4, -0.2) is 12.4 Å². The van der Waals surface area contributed by atoms with E-state index in [1.807, 2.05) is 0 Å². The SMILES string of the molecule is CC#CCCC(=O)COc1ccc(Cl)cc1. The molecule has 0 radical (unpaired) electrons. The lowest BCUT2D eigenvalue weighted by Crippen LogP contribution is -2.10. The molecule has 84 valence electrons. The van der Waals surface area contributed by atoms with Crippen molar-refractivity contribution in [2.24, 2.45) is 0 Å². The first kappa shape index (κ1) is 12.6. The summed E-state index contributed by atoms with van der Waals surface area (Å²) in [6.45, 7) is 1.85. The molecule has 0 bridgehead atoms. The van der Waals surface area contributed by atoms with Gasteiger partial charge >= 0.3 is 0 Å². The Kier molecular flexibility index (Phi) is 5.45. The molecule has 0 aromatic heterocycles. The van der Waals surface area contributed by atoms with Crippen molar-refractivity contribution in [1.82, 2.24) is 0 Å². The van der Waals surface area contributed by atoms with Gasteiger partial charge in [-0.25, -0.2) is 0 Å². The summed E-state index contributed by atoms with van der Waals surface area (Å²) < 4.78 is 5.30. The van der Waals surface area contributed by atoms with Gasteiger partial charge in [0.25, 0.3) is 0 Å². The molecule has 0 amide bonds. The molecule has 0 fully saturated rings. The predicted octanol–water partition coefficient (Wildman–Crippen LogP) is 3.09. The molecule has 0 saturated carbocycles. The first-order valence-electron chi connectivity index (χ1n) is 5.02. The van der Waals surface area contributed by atoms with E-state index in [0.29, 0.717) is 23.6 Å². The quantitative estimate of drug-likeness (QED) is 0.735. The van der Waals surface area contributed by atoms with E-state index in [4.69, 9.17) is 16.3 Å². The third-order valence-corrected chi connectivity index (χ3v) is 2.17. The van der Waals surface area contributed by atoms with E-state index in [1.165, 1.54) is 0 Å². The van der Waals surface area contributed by atoms with Crippen LogP contribution in [0.15, 0.2) is 24.3 Å². The van der Waals surface area contributed by atoms with Crippen LogP contribution in [0.25, 0.3) is 0 Å². The second-order valence-electron chi connectivity index (χ2n) is 3.21. The summed E-state index contributed by atoms with van der Waals surface area (Å²) in [6, 6.07) is 6.93. The highest BCUT2D eigenvalue weighted by atomic mass is 35.5. The van der Waals surface area contributed by atoms with Crippen molar-refractivity contribution in [3.8, 4) is 17.6 Å². The van der Waals surface area contributed by atoms with Crippen molar-refractivity contribution in [3.05, 3.63) is 29.3 Å². The highest BCUT2D eigenvalue weighted by Gasteiger charge is 2.02. The van der Waals surface area contributed by atoms with Crippen LogP contribution < -0.4 is 4.74 Å². The zero-order chi connectivity index (χ0) is 11.8. The number of ether oxygens (including phenoxy) is 1. The second-order valence-corrected chi connectivity index (χ2v) is 3.64. The van der Waals surface area contributed by atoms with Gasteiger partial charge in [0, 0.05) is 17.9 Å². The predicted molar refractivity (Wildman–Crippen MR) is 64.6 cm³/mol. The summed E-state index contributed by atoms with van der Waals surface area (Å²) in [5.74, 6) is 6.29. The van der Waals surface area contributed by atoms with E-state index in [0.717, 1.165) is 0 Å². The van der Waals surface area contributed by atoms with Crippen LogP contribution in [0.1, 0.15) is 19.8 Å². The Hall–Kier alpha value is -1.46. The maximum absolute atomic E-state index is 11.3. The van der Waals surface area contributed by atoms with Crippen LogP contribution in [0.4, 0.5) is 0 Å². The largest absolute Gasteiger partial charge is 0.486 e. The molecule has 0 aliphatic heterocycles. The Labute approximate surface area is 101 Å². The van der Waals surface area contributed by atoms with Crippen molar-refractivity contribution in [2.45, 2.75) is 19.8 Å². The number of rotatable bonds is 5. The van der Waals surface area contributed by atoms with E-state index in [1.54, 1.807) is 31.2 Å². The minimum Gasteiger partial charge on any atom is -0.486 e. The molecule has 0 saturated heterocycles. The van der Waals surface area contributed by atoms with Crippen LogP contribution >= 0.6 is 11.6 Å². The van der Waals surface area contributed by atoms with E-state index in [2.05, 4.69) is 11.8 Å². The van der Waals surface area contributed by atoms with Crippen LogP contribution in [0.2, 0.25) is 5.02 Å². The summed E-state index contributed by atoms with van der Waals surface area (Å²) in [7, 11) is 0. The second kappa shape index (κ2) is 6.92. The van der Waals surface area contributed by atoms with Crippen LogP contribution in [-0.2, 0) is 4.79 Å². The zero-order valence-electron chi connectivity index (χ0n) is 9.13. The third kappa shape index (κ3) is 4.86. The standard InChI is InChI=1S/C13H13ClO2/c1-2-3-4-5-12(15)10-16-13-8-6-11(14)7-9-13/h6-9H,4-5,10H2,1H3. The molecule has 2 nitrogen and oxygen atoms in total. The number of hydrogen-bond acceptors (Lipinski definition) is 2. The molecule has 0 aliphatic carbocycles. The summed E-state index contributed by atoms with van der Waals surface area (Å²) in [5, 5.41) is 0.650. The number of hydrogen-bond donors (Lipinski definition) is 0. The Bertz CT molecular complexity index is 398. The van der Waals surface area contributed by atoms with E-state index < -0.39 is 0 Å². The average molecular weight is 237 g/mol. The number of halogens is 1. The smallest absolute Gasteiger partial charge is 0.171 e. The van der Waals surface area contributed by atoms with Gasteiger partial charge < -0.3 is 4.74 Å². The fourth-order valence-electron chi connectivity index (χ4n) is 1.09. The molecule has 0 unspecified atom stereocenters.